The number of hydrogen-bond acceptors (Lipinski definition) is 5. The lowest BCUT2D eigenvalue weighted by Crippen LogP contribution is -2.22. The first-order chi connectivity index (χ1) is 10.0. The summed E-state index contributed by atoms with van der Waals surface area (Å²) in [6, 6.07) is 6.71. The molecule has 0 saturated carbocycles. The summed E-state index contributed by atoms with van der Waals surface area (Å²) in [5, 5.41) is 12.2. The van der Waals surface area contributed by atoms with E-state index in [-0.39, 0.29) is 17.3 Å². The van der Waals surface area contributed by atoms with Crippen LogP contribution < -0.4 is 10.1 Å². The minimum Gasteiger partial charge on any atom is -0.497 e. The molecule has 7 heteroatoms. The van der Waals surface area contributed by atoms with Gasteiger partial charge in [0.05, 0.1) is 19.3 Å². The topological polar surface area (TPSA) is 88.5 Å². The SMILES string of the molecule is COc1ccc(C(=O)NCc2nc(C)c(C(=O)O)s2)cc1. The van der Waals surface area contributed by atoms with Crippen LogP contribution in [0.15, 0.2) is 24.3 Å². The highest BCUT2D eigenvalue weighted by Crippen LogP contribution is 2.18. The van der Waals surface area contributed by atoms with Crippen LogP contribution in [-0.2, 0) is 6.54 Å². The number of methoxy groups -OCH3 is 1. The summed E-state index contributed by atoms with van der Waals surface area (Å²) in [6.07, 6.45) is 0. The van der Waals surface area contributed by atoms with Crippen molar-refractivity contribution in [3.8, 4) is 5.75 Å². The number of aryl methyl sites for hydroxylation is 1. The summed E-state index contributed by atoms with van der Waals surface area (Å²) in [7, 11) is 1.56. The molecule has 2 rings (SSSR count). The molecular weight excluding hydrogens is 292 g/mol. The highest BCUT2D eigenvalue weighted by atomic mass is 32.1. The van der Waals surface area contributed by atoms with Crippen LogP contribution in [0.1, 0.15) is 30.7 Å². The number of carbonyl (C=O) groups excluding carboxylic acids is 1. The number of thiazole rings is 1. The van der Waals surface area contributed by atoms with Crippen LogP contribution in [0, 0.1) is 6.92 Å². The van der Waals surface area contributed by atoms with Crippen LogP contribution in [0.4, 0.5) is 0 Å². The molecule has 1 aromatic heterocycles. The number of hydrogen-bond donors (Lipinski definition) is 2. The van der Waals surface area contributed by atoms with Gasteiger partial charge in [0.25, 0.3) is 5.91 Å². The van der Waals surface area contributed by atoms with E-state index in [1.165, 1.54) is 0 Å². The van der Waals surface area contributed by atoms with Crippen molar-refractivity contribution in [3.05, 3.63) is 45.4 Å². The molecule has 0 radical (unpaired) electrons. The summed E-state index contributed by atoms with van der Waals surface area (Å²) >= 11 is 1.07. The molecule has 21 heavy (non-hydrogen) atoms. The third-order valence-corrected chi connectivity index (χ3v) is 3.93. The Hall–Kier alpha value is -2.41. The second kappa shape index (κ2) is 6.36. The van der Waals surface area contributed by atoms with Crippen LogP contribution >= 0.6 is 11.3 Å². The van der Waals surface area contributed by atoms with Gasteiger partial charge in [-0.25, -0.2) is 9.78 Å². The monoisotopic (exact) mass is 306 g/mol. The standard InChI is InChI=1S/C14H14N2O4S/c1-8-12(14(18)19)21-11(16-8)7-15-13(17)9-3-5-10(20-2)6-4-9/h3-6H,7H2,1-2H3,(H,15,17)(H,18,19). The number of ether oxygens (including phenoxy) is 1. The molecule has 0 aliphatic rings. The average Bonchev–Trinajstić information content (AvgIpc) is 2.86. The second-order valence-corrected chi connectivity index (χ2v) is 5.32. The molecule has 0 unspecified atom stereocenters. The zero-order valence-corrected chi connectivity index (χ0v) is 12.4. The molecule has 0 aliphatic carbocycles. The van der Waals surface area contributed by atoms with Crippen LogP contribution in [0.2, 0.25) is 0 Å². The third-order valence-electron chi connectivity index (χ3n) is 2.79. The van der Waals surface area contributed by atoms with Crippen molar-refractivity contribution in [2.75, 3.05) is 7.11 Å². The van der Waals surface area contributed by atoms with E-state index in [1.54, 1.807) is 38.3 Å². The number of nitrogens with one attached hydrogen (secondary N) is 1. The highest BCUT2D eigenvalue weighted by molar-refractivity contribution is 7.13. The van der Waals surface area contributed by atoms with E-state index in [4.69, 9.17) is 9.84 Å². The Morgan fingerprint density at radius 1 is 1.33 bits per heavy atom. The number of carboxylic acids is 1. The summed E-state index contributed by atoms with van der Waals surface area (Å²) in [5.74, 6) is -0.576. The highest BCUT2D eigenvalue weighted by Gasteiger charge is 2.14. The Balaban J connectivity index is 2.00. The largest absolute Gasteiger partial charge is 0.497 e. The van der Waals surface area contributed by atoms with Crippen molar-refractivity contribution >= 4 is 23.2 Å². The smallest absolute Gasteiger partial charge is 0.347 e. The molecular formula is C14H14N2O4S. The van der Waals surface area contributed by atoms with E-state index in [1.807, 2.05) is 0 Å². The molecule has 0 saturated heterocycles. The van der Waals surface area contributed by atoms with E-state index in [2.05, 4.69) is 10.3 Å². The zero-order valence-electron chi connectivity index (χ0n) is 11.5. The summed E-state index contributed by atoms with van der Waals surface area (Å²) in [5.41, 5.74) is 0.962. The van der Waals surface area contributed by atoms with Crippen LogP contribution in [0.25, 0.3) is 0 Å². The van der Waals surface area contributed by atoms with Gasteiger partial charge in [-0.3, -0.25) is 4.79 Å². The lowest BCUT2D eigenvalue weighted by molar-refractivity contribution is 0.0701. The van der Waals surface area contributed by atoms with E-state index < -0.39 is 5.97 Å². The molecule has 2 aromatic rings. The molecule has 1 heterocycles. The first-order valence-corrected chi connectivity index (χ1v) is 6.94. The number of carboxylic acid groups (broad SMARTS) is 1. The fourth-order valence-corrected chi connectivity index (χ4v) is 2.57. The van der Waals surface area contributed by atoms with Gasteiger partial charge in [0.2, 0.25) is 0 Å². The van der Waals surface area contributed by atoms with Crippen molar-refractivity contribution in [1.29, 1.82) is 0 Å². The first-order valence-electron chi connectivity index (χ1n) is 6.13. The molecule has 6 nitrogen and oxygen atoms in total. The van der Waals surface area contributed by atoms with Gasteiger partial charge in [0.15, 0.2) is 0 Å². The molecule has 2 N–H and O–H groups in total. The third kappa shape index (κ3) is 3.57. The number of nitrogens with zero attached hydrogens (tertiary/aromatic N) is 1. The van der Waals surface area contributed by atoms with Gasteiger partial charge in [-0.1, -0.05) is 0 Å². The molecule has 0 aliphatic heterocycles. The Morgan fingerprint density at radius 3 is 2.52 bits per heavy atom. The molecule has 0 fully saturated rings. The van der Waals surface area contributed by atoms with Gasteiger partial charge in [-0.15, -0.1) is 11.3 Å². The maximum atomic E-state index is 12.0. The van der Waals surface area contributed by atoms with Gasteiger partial charge in [0.1, 0.15) is 15.6 Å². The van der Waals surface area contributed by atoms with Gasteiger partial charge in [-0.05, 0) is 31.2 Å². The maximum Gasteiger partial charge on any atom is 0.347 e. The first kappa shape index (κ1) is 15.0. The Kier molecular flexibility index (Phi) is 4.54. The molecule has 1 aromatic carbocycles. The normalized spacial score (nSPS) is 10.2. The number of benzene rings is 1. The minimum atomic E-state index is -1.00. The number of amides is 1. The summed E-state index contributed by atoms with van der Waals surface area (Å²) in [6.45, 7) is 1.83. The van der Waals surface area contributed by atoms with Crippen molar-refractivity contribution in [2.45, 2.75) is 13.5 Å². The van der Waals surface area contributed by atoms with Gasteiger partial charge < -0.3 is 15.2 Å². The fourth-order valence-electron chi connectivity index (χ4n) is 1.73. The quantitative estimate of drug-likeness (QED) is 0.883. The van der Waals surface area contributed by atoms with E-state index in [0.29, 0.717) is 22.0 Å². The van der Waals surface area contributed by atoms with Crippen LogP contribution in [0.3, 0.4) is 0 Å². The van der Waals surface area contributed by atoms with E-state index in [0.717, 1.165) is 11.3 Å². The van der Waals surface area contributed by atoms with E-state index in [9.17, 15) is 9.59 Å². The molecule has 0 atom stereocenters. The van der Waals surface area contributed by atoms with Crippen molar-refractivity contribution < 1.29 is 19.4 Å². The van der Waals surface area contributed by atoms with Crippen molar-refractivity contribution in [3.63, 3.8) is 0 Å². The minimum absolute atomic E-state index is 0.198. The fraction of sp³-hybridized carbons (Fsp3) is 0.214. The lowest BCUT2D eigenvalue weighted by atomic mass is 10.2. The second-order valence-electron chi connectivity index (χ2n) is 4.24. The van der Waals surface area contributed by atoms with Gasteiger partial charge >= 0.3 is 5.97 Å². The van der Waals surface area contributed by atoms with Crippen LogP contribution in [-0.4, -0.2) is 29.1 Å². The molecule has 1 amide bonds. The predicted octanol–water partition coefficient (Wildman–Crippen LogP) is 2.09. The molecule has 0 spiro atoms. The number of carbonyl (C=O) groups is 2. The molecule has 110 valence electrons. The summed E-state index contributed by atoms with van der Waals surface area (Å²) in [4.78, 5) is 27.2. The Morgan fingerprint density at radius 2 is 2.00 bits per heavy atom. The molecule has 0 bridgehead atoms. The van der Waals surface area contributed by atoms with Crippen molar-refractivity contribution in [2.24, 2.45) is 0 Å². The Labute approximate surface area is 125 Å². The number of aromatic carboxylic acids is 1. The zero-order chi connectivity index (χ0) is 15.4. The van der Waals surface area contributed by atoms with E-state index >= 15 is 0 Å². The summed E-state index contributed by atoms with van der Waals surface area (Å²) < 4.78 is 5.02. The maximum absolute atomic E-state index is 12.0. The number of aromatic nitrogens is 1. The number of rotatable bonds is 5. The lowest BCUT2D eigenvalue weighted by Gasteiger charge is -2.04. The average molecular weight is 306 g/mol. The van der Waals surface area contributed by atoms with Gasteiger partial charge in [0, 0.05) is 5.56 Å². The van der Waals surface area contributed by atoms with Crippen molar-refractivity contribution in [1.82, 2.24) is 10.3 Å². The van der Waals surface area contributed by atoms with Gasteiger partial charge in [-0.2, -0.15) is 0 Å². The predicted molar refractivity (Wildman–Crippen MR) is 78.0 cm³/mol. The van der Waals surface area contributed by atoms with Crippen LogP contribution in [0.5, 0.6) is 5.75 Å². The Bertz CT molecular complexity index is 664.